The van der Waals surface area contributed by atoms with E-state index in [-0.39, 0.29) is 17.7 Å². The van der Waals surface area contributed by atoms with Gasteiger partial charge >= 0.3 is 0 Å². The van der Waals surface area contributed by atoms with Crippen molar-refractivity contribution in [2.45, 2.75) is 25.7 Å². The third-order valence-corrected chi connectivity index (χ3v) is 5.83. The fourth-order valence-electron chi connectivity index (χ4n) is 3.99. The number of carbonyl (C=O) groups is 2. The Morgan fingerprint density at radius 2 is 2.00 bits per heavy atom. The number of aromatic amines is 2. The Morgan fingerprint density at radius 1 is 1.18 bits per heavy atom. The summed E-state index contributed by atoms with van der Waals surface area (Å²) in [4.78, 5) is 42.7. The zero-order valence-corrected chi connectivity index (χ0v) is 19.1. The molecule has 1 aliphatic rings. The fraction of sp³-hybridized carbons (Fsp3) is 0.250. The van der Waals surface area contributed by atoms with Gasteiger partial charge in [0.2, 0.25) is 11.8 Å². The van der Waals surface area contributed by atoms with Gasteiger partial charge in [-0.2, -0.15) is 5.10 Å². The lowest BCUT2D eigenvalue weighted by Crippen LogP contribution is -2.29. The second kappa shape index (κ2) is 8.54. The maximum absolute atomic E-state index is 12.7. The summed E-state index contributed by atoms with van der Waals surface area (Å²) in [7, 11) is 3.51. The molecule has 4 aromatic rings. The van der Waals surface area contributed by atoms with Gasteiger partial charge in [-0.15, -0.1) is 0 Å². The van der Waals surface area contributed by atoms with Crippen molar-refractivity contribution >= 4 is 34.7 Å². The summed E-state index contributed by atoms with van der Waals surface area (Å²) in [6.07, 6.45) is 8.36. The van der Waals surface area contributed by atoms with Gasteiger partial charge in [0.1, 0.15) is 11.5 Å². The molecule has 4 aromatic heterocycles. The highest BCUT2D eigenvalue weighted by Gasteiger charge is 2.29. The van der Waals surface area contributed by atoms with E-state index in [9.17, 15) is 9.59 Å². The minimum atomic E-state index is -0.295. The van der Waals surface area contributed by atoms with Crippen molar-refractivity contribution in [3.8, 4) is 22.6 Å². The number of anilines is 1. The van der Waals surface area contributed by atoms with Crippen LogP contribution in [0, 0.1) is 0 Å². The lowest BCUT2D eigenvalue weighted by Gasteiger charge is -2.20. The lowest BCUT2D eigenvalue weighted by atomic mass is 9.94. The Kier molecular flexibility index (Phi) is 5.40. The van der Waals surface area contributed by atoms with Crippen molar-refractivity contribution in [3.05, 3.63) is 48.1 Å². The number of rotatable bonds is 5. The molecule has 1 aliphatic carbocycles. The third-order valence-electron chi connectivity index (χ3n) is 5.83. The first-order valence-electron chi connectivity index (χ1n) is 11.0. The predicted molar refractivity (Wildman–Crippen MR) is 129 cm³/mol. The summed E-state index contributed by atoms with van der Waals surface area (Å²) in [6.45, 7) is 1.79. The quantitative estimate of drug-likeness (QED) is 0.422. The van der Waals surface area contributed by atoms with E-state index in [0.29, 0.717) is 35.8 Å². The molecule has 1 atom stereocenters. The molecule has 0 fully saturated rings. The number of aromatic nitrogens is 6. The topological polar surface area (TPSA) is 133 Å². The minimum absolute atomic E-state index is 0.0327. The number of nitrogens with zero attached hydrogens (tertiary/aromatic N) is 5. The van der Waals surface area contributed by atoms with E-state index in [2.05, 4.69) is 30.5 Å². The van der Waals surface area contributed by atoms with Crippen LogP contribution in [0.4, 0.5) is 5.82 Å². The number of amides is 2. The largest absolute Gasteiger partial charge is 0.348 e. The number of hydrogen-bond donors (Lipinski definition) is 3. The van der Waals surface area contributed by atoms with Gasteiger partial charge in [0.15, 0.2) is 11.5 Å². The molecule has 34 heavy (non-hydrogen) atoms. The van der Waals surface area contributed by atoms with E-state index >= 15 is 0 Å². The van der Waals surface area contributed by atoms with Gasteiger partial charge in [0.25, 0.3) is 0 Å². The van der Waals surface area contributed by atoms with Crippen LogP contribution >= 0.6 is 0 Å². The number of carbonyl (C=O) groups excluding carboxylic acids is 2. The Hall–Kier alpha value is -4.34. The van der Waals surface area contributed by atoms with Crippen molar-refractivity contribution in [1.82, 2.24) is 35.0 Å². The first kappa shape index (κ1) is 21.5. The van der Waals surface area contributed by atoms with E-state index in [0.717, 1.165) is 27.9 Å². The zero-order valence-electron chi connectivity index (χ0n) is 19.1. The predicted octanol–water partition coefficient (Wildman–Crippen LogP) is 3.35. The van der Waals surface area contributed by atoms with Crippen molar-refractivity contribution in [1.29, 1.82) is 0 Å². The number of fused-ring (bicyclic) bond motifs is 2. The Labute approximate surface area is 195 Å². The van der Waals surface area contributed by atoms with Gasteiger partial charge in [0, 0.05) is 44.0 Å². The summed E-state index contributed by atoms with van der Waals surface area (Å²) < 4.78 is 0. The SMILES string of the molecule is CCC(=O)Nc1ccc(-c2cnc3n[nH]c(-c4nc5c([nH]4)C(C(=O)N(C)C)CC=C5)c3c2)cn1. The molecular formula is C24H24N8O2. The number of H-pyrrole nitrogens is 2. The average Bonchev–Trinajstić information content (AvgIpc) is 3.47. The highest BCUT2D eigenvalue weighted by Crippen LogP contribution is 2.34. The van der Waals surface area contributed by atoms with Crippen molar-refractivity contribution < 1.29 is 9.59 Å². The molecule has 2 amide bonds. The normalized spacial score (nSPS) is 14.7. The molecule has 4 heterocycles. The lowest BCUT2D eigenvalue weighted by molar-refractivity contribution is -0.130. The van der Waals surface area contributed by atoms with Crippen LogP contribution in [-0.2, 0) is 9.59 Å². The summed E-state index contributed by atoms with van der Waals surface area (Å²) in [6, 6.07) is 5.62. The van der Waals surface area contributed by atoms with Crippen LogP contribution in [0.25, 0.3) is 39.8 Å². The maximum atomic E-state index is 12.7. The van der Waals surface area contributed by atoms with Gasteiger partial charge in [-0.05, 0) is 30.7 Å². The number of likely N-dealkylation sites (N-methyl/N-ethyl adjacent to an activating group) is 1. The molecule has 0 spiro atoms. The molecule has 10 nitrogen and oxygen atoms in total. The Bertz CT molecular complexity index is 1410. The molecule has 0 saturated heterocycles. The summed E-state index contributed by atoms with van der Waals surface area (Å²) in [5.74, 6) is 0.758. The van der Waals surface area contributed by atoms with Crippen molar-refractivity contribution in [2.24, 2.45) is 0 Å². The smallest absolute Gasteiger partial charge is 0.231 e. The molecule has 0 radical (unpaired) electrons. The van der Waals surface area contributed by atoms with E-state index in [4.69, 9.17) is 4.98 Å². The molecule has 172 valence electrons. The Balaban J connectivity index is 1.50. The molecule has 0 aromatic carbocycles. The molecular weight excluding hydrogens is 432 g/mol. The van der Waals surface area contributed by atoms with Crippen LogP contribution < -0.4 is 5.32 Å². The molecule has 0 saturated carbocycles. The second-order valence-corrected chi connectivity index (χ2v) is 8.34. The van der Waals surface area contributed by atoms with E-state index in [1.807, 2.05) is 24.3 Å². The summed E-state index contributed by atoms with van der Waals surface area (Å²) in [5, 5.41) is 10.9. The number of imidazole rings is 1. The van der Waals surface area contributed by atoms with Gasteiger partial charge in [-0.1, -0.05) is 13.0 Å². The highest BCUT2D eigenvalue weighted by atomic mass is 16.2. The van der Waals surface area contributed by atoms with Crippen LogP contribution in [0.1, 0.15) is 37.1 Å². The highest BCUT2D eigenvalue weighted by molar-refractivity contribution is 5.93. The van der Waals surface area contributed by atoms with Crippen LogP contribution in [-0.4, -0.2) is 60.9 Å². The van der Waals surface area contributed by atoms with Gasteiger partial charge < -0.3 is 15.2 Å². The maximum Gasteiger partial charge on any atom is 0.231 e. The monoisotopic (exact) mass is 456 g/mol. The van der Waals surface area contributed by atoms with Crippen molar-refractivity contribution in [3.63, 3.8) is 0 Å². The fourth-order valence-corrected chi connectivity index (χ4v) is 3.99. The van der Waals surface area contributed by atoms with Gasteiger partial charge in [0.05, 0.1) is 22.7 Å². The summed E-state index contributed by atoms with van der Waals surface area (Å²) in [5.41, 5.74) is 4.52. The van der Waals surface area contributed by atoms with Crippen LogP contribution in [0.15, 0.2) is 36.7 Å². The number of nitrogens with one attached hydrogen (secondary N) is 3. The van der Waals surface area contributed by atoms with Crippen molar-refractivity contribution in [2.75, 3.05) is 19.4 Å². The standard InChI is InChI=1S/C24H24N8O2/c1-4-19(33)28-18-9-8-13(11-25-18)14-10-16-21(30-31-22(16)26-12-14)23-27-17-7-5-6-15(20(17)29-23)24(34)32(2)3/h5,7-12,15H,4,6H2,1-3H3,(H,27,29)(H,25,28,33)(H,26,30,31). The first-order chi connectivity index (χ1) is 16.4. The Morgan fingerprint density at radius 3 is 2.74 bits per heavy atom. The van der Waals surface area contributed by atoms with Gasteiger partial charge in [-0.25, -0.2) is 15.0 Å². The van der Waals surface area contributed by atoms with E-state index in [1.165, 1.54) is 0 Å². The minimum Gasteiger partial charge on any atom is -0.348 e. The van der Waals surface area contributed by atoms with E-state index < -0.39 is 0 Å². The molecule has 3 N–H and O–H groups in total. The second-order valence-electron chi connectivity index (χ2n) is 8.34. The molecule has 0 aliphatic heterocycles. The van der Waals surface area contributed by atoms with Crippen LogP contribution in [0.5, 0.6) is 0 Å². The molecule has 5 rings (SSSR count). The third kappa shape index (κ3) is 3.83. The van der Waals surface area contributed by atoms with Crippen LogP contribution in [0.3, 0.4) is 0 Å². The first-order valence-corrected chi connectivity index (χ1v) is 11.0. The van der Waals surface area contributed by atoms with Gasteiger partial charge in [-0.3, -0.25) is 14.7 Å². The molecule has 10 heteroatoms. The number of hydrogen-bond acceptors (Lipinski definition) is 6. The molecule has 0 bridgehead atoms. The summed E-state index contributed by atoms with van der Waals surface area (Å²) >= 11 is 0. The molecule has 1 unspecified atom stereocenters. The van der Waals surface area contributed by atoms with E-state index in [1.54, 1.807) is 44.4 Å². The van der Waals surface area contributed by atoms with Crippen LogP contribution in [0.2, 0.25) is 0 Å². The average molecular weight is 457 g/mol. The number of allylic oxidation sites excluding steroid dienone is 1. The number of pyridine rings is 2. The zero-order chi connectivity index (χ0) is 23.8.